The van der Waals surface area contributed by atoms with Crippen LogP contribution in [0.25, 0.3) is 0 Å². The summed E-state index contributed by atoms with van der Waals surface area (Å²) in [4.78, 5) is 0. The summed E-state index contributed by atoms with van der Waals surface area (Å²) in [5.41, 5.74) is 6.99. The average molecular weight is 281 g/mol. The van der Waals surface area contributed by atoms with Gasteiger partial charge in [0.25, 0.3) is 0 Å². The quantitative estimate of drug-likeness (QED) is 0.769. The number of hydrogen-bond donors (Lipinski definition) is 2. The van der Waals surface area contributed by atoms with Crippen molar-refractivity contribution in [1.82, 2.24) is 0 Å². The van der Waals surface area contributed by atoms with Gasteiger partial charge in [-0.3, -0.25) is 0 Å². The van der Waals surface area contributed by atoms with E-state index in [2.05, 4.69) is 13.8 Å². The summed E-state index contributed by atoms with van der Waals surface area (Å²) in [7, 11) is 1.60. The fourth-order valence-electron chi connectivity index (χ4n) is 2.07. The van der Waals surface area contributed by atoms with Crippen LogP contribution in [0.3, 0.4) is 0 Å². The van der Waals surface area contributed by atoms with E-state index in [0.717, 1.165) is 12.0 Å². The van der Waals surface area contributed by atoms with Crippen LogP contribution in [-0.2, 0) is 0 Å². The van der Waals surface area contributed by atoms with Gasteiger partial charge in [0.15, 0.2) is 11.5 Å². The minimum absolute atomic E-state index is 0.404. The Balaban J connectivity index is 2.79. The highest BCUT2D eigenvalue weighted by molar-refractivity contribution is 5.44. The Morgan fingerprint density at radius 1 is 1.20 bits per heavy atom. The van der Waals surface area contributed by atoms with E-state index in [0.29, 0.717) is 30.4 Å². The fourth-order valence-corrected chi connectivity index (χ4v) is 2.07. The number of aliphatic hydroxyl groups excluding tert-OH is 1. The van der Waals surface area contributed by atoms with Crippen LogP contribution in [0.5, 0.6) is 11.5 Å². The van der Waals surface area contributed by atoms with Gasteiger partial charge in [-0.2, -0.15) is 0 Å². The first-order chi connectivity index (χ1) is 9.49. The first kappa shape index (κ1) is 16.8. The van der Waals surface area contributed by atoms with E-state index in [1.165, 1.54) is 0 Å². The highest BCUT2D eigenvalue weighted by atomic mass is 16.5. The molecule has 4 heteroatoms. The zero-order chi connectivity index (χ0) is 15.1. The summed E-state index contributed by atoms with van der Waals surface area (Å²) in [6.45, 7) is 6.78. The predicted molar refractivity (Wildman–Crippen MR) is 81.2 cm³/mol. The Labute approximate surface area is 121 Å². The molecule has 0 heterocycles. The zero-order valence-corrected chi connectivity index (χ0v) is 12.9. The van der Waals surface area contributed by atoms with Crippen molar-refractivity contribution in [1.29, 1.82) is 0 Å². The molecule has 0 unspecified atom stereocenters. The van der Waals surface area contributed by atoms with Crippen LogP contribution in [0, 0.1) is 5.92 Å². The van der Waals surface area contributed by atoms with E-state index in [1.807, 2.05) is 25.1 Å². The Bertz CT molecular complexity index is 407. The van der Waals surface area contributed by atoms with Crippen molar-refractivity contribution in [3.8, 4) is 11.5 Å². The second-order valence-corrected chi connectivity index (χ2v) is 5.41. The molecule has 0 aliphatic rings. The molecule has 0 amide bonds. The van der Waals surface area contributed by atoms with E-state index >= 15 is 0 Å². The molecule has 0 fully saturated rings. The molecule has 1 rings (SSSR count). The molecule has 0 aliphatic carbocycles. The summed E-state index contributed by atoms with van der Waals surface area (Å²) in [5.74, 6) is 1.91. The first-order valence-corrected chi connectivity index (χ1v) is 7.24. The lowest BCUT2D eigenvalue weighted by atomic mass is 9.96. The van der Waals surface area contributed by atoms with Gasteiger partial charge >= 0.3 is 0 Å². The smallest absolute Gasteiger partial charge is 0.161 e. The number of ether oxygens (including phenoxy) is 2. The number of rotatable bonds is 8. The number of benzene rings is 1. The molecule has 0 aromatic heterocycles. The Morgan fingerprint density at radius 2 is 1.90 bits per heavy atom. The van der Waals surface area contributed by atoms with Gasteiger partial charge in [0, 0.05) is 0 Å². The molecule has 0 radical (unpaired) electrons. The molecule has 114 valence electrons. The number of nitrogens with two attached hydrogens (primary N) is 1. The van der Waals surface area contributed by atoms with Gasteiger partial charge in [0.2, 0.25) is 0 Å². The molecule has 3 N–H and O–H groups in total. The Hall–Kier alpha value is -1.26. The lowest BCUT2D eigenvalue weighted by Crippen LogP contribution is -2.26. The standard InChI is InChI=1S/C16H27NO3/c1-5-20-14-9-7-12(10-15(14)19-4)16(17)13(18)8-6-11(2)3/h7,9-11,13,16,18H,5-6,8,17H2,1-4H3/t13-,16+/m0/s1. The zero-order valence-electron chi connectivity index (χ0n) is 12.9. The van der Waals surface area contributed by atoms with Crippen LogP contribution < -0.4 is 15.2 Å². The van der Waals surface area contributed by atoms with Crippen molar-refractivity contribution >= 4 is 0 Å². The Kier molecular flexibility index (Phi) is 6.82. The third-order valence-corrected chi connectivity index (χ3v) is 3.33. The van der Waals surface area contributed by atoms with E-state index in [-0.39, 0.29) is 0 Å². The Morgan fingerprint density at radius 3 is 2.45 bits per heavy atom. The molecule has 0 spiro atoms. The van der Waals surface area contributed by atoms with Gasteiger partial charge in [-0.1, -0.05) is 19.9 Å². The van der Waals surface area contributed by atoms with Gasteiger partial charge in [0.1, 0.15) is 0 Å². The predicted octanol–water partition coefficient (Wildman–Crippen LogP) is 2.89. The molecule has 2 atom stereocenters. The fraction of sp³-hybridized carbons (Fsp3) is 0.625. The molecule has 0 saturated heterocycles. The van der Waals surface area contributed by atoms with E-state index in [4.69, 9.17) is 15.2 Å². The first-order valence-electron chi connectivity index (χ1n) is 7.24. The molecule has 1 aromatic carbocycles. The minimum Gasteiger partial charge on any atom is -0.493 e. The van der Waals surface area contributed by atoms with Crippen molar-refractivity contribution in [3.63, 3.8) is 0 Å². The SMILES string of the molecule is CCOc1ccc([C@@H](N)[C@@H](O)CCC(C)C)cc1OC. The van der Waals surface area contributed by atoms with Crippen LogP contribution in [0.4, 0.5) is 0 Å². The normalized spacial score (nSPS) is 14.2. The third kappa shape index (κ3) is 4.69. The van der Waals surface area contributed by atoms with Gasteiger partial charge in [-0.05, 0) is 43.4 Å². The van der Waals surface area contributed by atoms with E-state index < -0.39 is 12.1 Å². The lowest BCUT2D eigenvalue weighted by Gasteiger charge is -2.21. The molecule has 20 heavy (non-hydrogen) atoms. The summed E-state index contributed by atoms with van der Waals surface area (Å²) in [5, 5.41) is 10.2. The summed E-state index contributed by atoms with van der Waals surface area (Å²) < 4.78 is 10.8. The molecular formula is C16H27NO3. The van der Waals surface area contributed by atoms with Crippen molar-refractivity contribution in [2.75, 3.05) is 13.7 Å². The van der Waals surface area contributed by atoms with Crippen molar-refractivity contribution < 1.29 is 14.6 Å². The molecular weight excluding hydrogens is 254 g/mol. The minimum atomic E-state index is -0.542. The van der Waals surface area contributed by atoms with Gasteiger partial charge in [0.05, 0.1) is 25.9 Å². The highest BCUT2D eigenvalue weighted by Crippen LogP contribution is 2.31. The van der Waals surface area contributed by atoms with Gasteiger partial charge < -0.3 is 20.3 Å². The van der Waals surface area contributed by atoms with Crippen LogP contribution in [0.15, 0.2) is 18.2 Å². The molecule has 4 nitrogen and oxygen atoms in total. The molecule has 0 aliphatic heterocycles. The van der Waals surface area contributed by atoms with E-state index in [9.17, 15) is 5.11 Å². The third-order valence-electron chi connectivity index (χ3n) is 3.33. The second kappa shape index (κ2) is 8.12. The number of methoxy groups -OCH3 is 1. The number of hydrogen-bond acceptors (Lipinski definition) is 4. The number of aliphatic hydroxyl groups is 1. The topological polar surface area (TPSA) is 64.7 Å². The van der Waals surface area contributed by atoms with Gasteiger partial charge in [-0.25, -0.2) is 0 Å². The van der Waals surface area contributed by atoms with E-state index in [1.54, 1.807) is 7.11 Å². The molecule has 1 aromatic rings. The maximum Gasteiger partial charge on any atom is 0.161 e. The average Bonchev–Trinajstić information content (AvgIpc) is 2.44. The second-order valence-electron chi connectivity index (χ2n) is 5.41. The largest absolute Gasteiger partial charge is 0.493 e. The van der Waals surface area contributed by atoms with Crippen LogP contribution >= 0.6 is 0 Å². The van der Waals surface area contributed by atoms with Crippen molar-refractivity contribution in [2.45, 2.75) is 45.8 Å². The summed E-state index contributed by atoms with van der Waals surface area (Å²) in [6.07, 6.45) is 1.12. The maximum atomic E-state index is 10.2. The summed E-state index contributed by atoms with van der Waals surface area (Å²) in [6, 6.07) is 5.16. The van der Waals surface area contributed by atoms with Crippen LogP contribution in [0.1, 0.15) is 45.2 Å². The maximum absolute atomic E-state index is 10.2. The van der Waals surface area contributed by atoms with Crippen molar-refractivity contribution in [2.24, 2.45) is 11.7 Å². The molecule has 0 bridgehead atoms. The van der Waals surface area contributed by atoms with Crippen LogP contribution in [-0.4, -0.2) is 24.9 Å². The highest BCUT2D eigenvalue weighted by Gasteiger charge is 2.18. The van der Waals surface area contributed by atoms with Crippen LogP contribution in [0.2, 0.25) is 0 Å². The molecule has 0 saturated carbocycles. The monoisotopic (exact) mass is 281 g/mol. The summed E-state index contributed by atoms with van der Waals surface area (Å²) >= 11 is 0. The lowest BCUT2D eigenvalue weighted by molar-refractivity contribution is 0.128. The van der Waals surface area contributed by atoms with Gasteiger partial charge in [-0.15, -0.1) is 0 Å². The van der Waals surface area contributed by atoms with Crippen molar-refractivity contribution in [3.05, 3.63) is 23.8 Å².